The maximum absolute atomic E-state index is 6.16. The number of rotatable bonds is 2. The minimum atomic E-state index is -0.228. The lowest BCUT2D eigenvalue weighted by molar-refractivity contribution is 0.0696. The van der Waals surface area contributed by atoms with Crippen molar-refractivity contribution >= 4 is 23.0 Å². The number of nitrogens with one attached hydrogen (secondary N) is 2. The first-order valence-corrected chi connectivity index (χ1v) is 9.09. The van der Waals surface area contributed by atoms with Gasteiger partial charge in [0.05, 0.1) is 6.04 Å². The summed E-state index contributed by atoms with van der Waals surface area (Å²) in [5, 5.41) is 7.42. The second-order valence-corrected chi connectivity index (χ2v) is 7.97. The third-order valence-electron chi connectivity index (χ3n) is 4.70. The van der Waals surface area contributed by atoms with E-state index in [1.807, 2.05) is 0 Å². The van der Waals surface area contributed by atoms with Gasteiger partial charge in [-0.2, -0.15) is 0 Å². The van der Waals surface area contributed by atoms with Crippen molar-refractivity contribution in [2.24, 2.45) is 0 Å². The Morgan fingerprint density at radius 2 is 1.84 bits per heavy atom. The van der Waals surface area contributed by atoms with Gasteiger partial charge in [-0.1, -0.05) is 18.2 Å². The van der Waals surface area contributed by atoms with E-state index in [0.717, 1.165) is 23.4 Å². The molecule has 25 heavy (non-hydrogen) atoms. The van der Waals surface area contributed by atoms with E-state index < -0.39 is 0 Å². The molecule has 0 radical (unpaired) electrons. The average Bonchev–Trinajstić information content (AvgIpc) is 2.49. The fraction of sp³-hybridized carbons (Fsp3) is 0.381. The molecule has 1 aliphatic rings. The van der Waals surface area contributed by atoms with Crippen molar-refractivity contribution in [3.05, 3.63) is 58.7 Å². The summed E-state index contributed by atoms with van der Waals surface area (Å²) in [4.78, 5) is 0. The fourth-order valence-corrected chi connectivity index (χ4v) is 3.49. The van der Waals surface area contributed by atoms with Crippen LogP contribution in [0, 0.1) is 20.8 Å². The molecule has 0 saturated heterocycles. The Morgan fingerprint density at radius 3 is 2.56 bits per heavy atom. The van der Waals surface area contributed by atoms with Crippen LogP contribution in [0.25, 0.3) is 0 Å². The Balaban J connectivity index is 1.77. The molecule has 2 N–H and O–H groups in total. The molecule has 2 aromatic carbocycles. The van der Waals surface area contributed by atoms with E-state index >= 15 is 0 Å². The van der Waals surface area contributed by atoms with Crippen LogP contribution in [0.1, 0.15) is 48.6 Å². The summed E-state index contributed by atoms with van der Waals surface area (Å²) in [7, 11) is 0. The van der Waals surface area contributed by atoms with Crippen LogP contribution < -0.4 is 15.4 Å². The molecular weight excluding hydrogens is 328 g/mol. The summed E-state index contributed by atoms with van der Waals surface area (Å²) in [6.45, 7) is 10.5. The number of ether oxygens (including phenoxy) is 1. The third kappa shape index (κ3) is 4.13. The summed E-state index contributed by atoms with van der Waals surface area (Å²) < 4.78 is 6.16. The Hall–Kier alpha value is -2.07. The second kappa shape index (κ2) is 6.68. The first kappa shape index (κ1) is 17.7. The highest BCUT2D eigenvalue weighted by molar-refractivity contribution is 7.80. The number of thiocarbonyl (C=S) groups is 1. The lowest BCUT2D eigenvalue weighted by Crippen LogP contribution is -2.42. The van der Waals surface area contributed by atoms with E-state index in [0.29, 0.717) is 5.11 Å². The maximum Gasteiger partial charge on any atom is 0.171 e. The molecule has 1 heterocycles. The summed E-state index contributed by atoms with van der Waals surface area (Å²) in [6, 6.07) is 12.8. The summed E-state index contributed by atoms with van der Waals surface area (Å²) >= 11 is 5.56. The summed E-state index contributed by atoms with van der Waals surface area (Å²) in [6.07, 6.45) is 0.859. The van der Waals surface area contributed by atoms with Crippen molar-refractivity contribution in [2.45, 2.75) is 52.7 Å². The topological polar surface area (TPSA) is 33.3 Å². The van der Waals surface area contributed by atoms with Crippen LogP contribution in [-0.2, 0) is 0 Å². The summed E-state index contributed by atoms with van der Waals surface area (Å²) in [5.41, 5.74) is 5.67. The molecular formula is C21H26N2OS. The van der Waals surface area contributed by atoms with Crippen molar-refractivity contribution in [1.29, 1.82) is 0 Å². The molecule has 0 fully saturated rings. The van der Waals surface area contributed by atoms with Gasteiger partial charge in [-0.25, -0.2) is 0 Å². The van der Waals surface area contributed by atoms with E-state index in [-0.39, 0.29) is 11.6 Å². The summed E-state index contributed by atoms with van der Waals surface area (Å²) in [5.74, 6) is 0.947. The Kier molecular flexibility index (Phi) is 4.74. The van der Waals surface area contributed by atoms with E-state index in [1.165, 1.54) is 16.7 Å². The zero-order valence-corrected chi connectivity index (χ0v) is 16.4. The predicted octanol–water partition coefficient (Wildman–Crippen LogP) is 5.20. The zero-order chi connectivity index (χ0) is 18.2. The van der Waals surface area contributed by atoms with E-state index in [4.69, 9.17) is 17.0 Å². The van der Waals surface area contributed by atoms with Gasteiger partial charge >= 0.3 is 0 Å². The molecule has 0 saturated carbocycles. The zero-order valence-electron chi connectivity index (χ0n) is 15.6. The highest BCUT2D eigenvalue weighted by Gasteiger charge is 2.34. The molecule has 1 atom stereocenters. The second-order valence-electron chi connectivity index (χ2n) is 7.56. The van der Waals surface area contributed by atoms with Gasteiger partial charge in [0, 0.05) is 17.7 Å². The molecule has 0 bridgehead atoms. The van der Waals surface area contributed by atoms with Crippen LogP contribution in [0.15, 0.2) is 36.4 Å². The van der Waals surface area contributed by atoms with E-state index in [2.05, 4.69) is 81.7 Å². The van der Waals surface area contributed by atoms with Crippen molar-refractivity contribution < 1.29 is 4.74 Å². The van der Waals surface area contributed by atoms with Gasteiger partial charge < -0.3 is 15.4 Å². The van der Waals surface area contributed by atoms with Gasteiger partial charge in [-0.05, 0) is 81.7 Å². The quantitative estimate of drug-likeness (QED) is 0.726. The van der Waals surface area contributed by atoms with Crippen molar-refractivity contribution in [3.63, 3.8) is 0 Å². The Labute approximate surface area is 155 Å². The van der Waals surface area contributed by atoms with Gasteiger partial charge in [-0.3, -0.25) is 0 Å². The minimum absolute atomic E-state index is 0.130. The third-order valence-corrected chi connectivity index (χ3v) is 4.92. The van der Waals surface area contributed by atoms with Crippen LogP contribution >= 0.6 is 12.2 Å². The Bertz CT molecular complexity index is 814. The van der Waals surface area contributed by atoms with Crippen LogP contribution in [0.4, 0.5) is 5.69 Å². The first-order valence-electron chi connectivity index (χ1n) is 8.68. The van der Waals surface area contributed by atoms with Crippen molar-refractivity contribution in [2.75, 3.05) is 5.32 Å². The van der Waals surface area contributed by atoms with Gasteiger partial charge in [0.1, 0.15) is 11.4 Å². The van der Waals surface area contributed by atoms with Gasteiger partial charge in [0.15, 0.2) is 5.11 Å². The lowest BCUT2D eigenvalue weighted by Gasteiger charge is -2.38. The normalized spacial score (nSPS) is 18.0. The van der Waals surface area contributed by atoms with Crippen LogP contribution in [0.2, 0.25) is 0 Å². The number of fused-ring (bicyclic) bond motifs is 1. The van der Waals surface area contributed by atoms with Crippen LogP contribution in [-0.4, -0.2) is 10.7 Å². The number of hydrogen-bond donors (Lipinski definition) is 2. The molecule has 0 aromatic heterocycles. The SMILES string of the molecule is Cc1ccc2c(c1)OC(C)(C)CC2NC(=S)Nc1ccc(C)c(C)c1. The number of hydrogen-bond acceptors (Lipinski definition) is 2. The average molecular weight is 355 g/mol. The molecule has 0 amide bonds. The van der Waals surface area contributed by atoms with E-state index in [1.54, 1.807) is 0 Å². The van der Waals surface area contributed by atoms with Gasteiger partial charge in [0.25, 0.3) is 0 Å². The van der Waals surface area contributed by atoms with Crippen molar-refractivity contribution in [3.8, 4) is 5.75 Å². The molecule has 0 spiro atoms. The standard InChI is InChI=1S/C21H26N2OS/c1-13-6-9-17-18(12-21(4,5)24-19(17)10-13)23-20(25)22-16-8-7-14(2)15(3)11-16/h6-11,18H,12H2,1-5H3,(H2,22,23,25). The molecule has 2 aromatic rings. The van der Waals surface area contributed by atoms with Crippen LogP contribution in [0.5, 0.6) is 5.75 Å². The molecule has 3 rings (SSSR count). The van der Waals surface area contributed by atoms with Gasteiger partial charge in [0.2, 0.25) is 0 Å². The molecule has 0 aliphatic carbocycles. The Morgan fingerprint density at radius 1 is 1.08 bits per heavy atom. The monoisotopic (exact) mass is 354 g/mol. The smallest absolute Gasteiger partial charge is 0.171 e. The lowest BCUT2D eigenvalue weighted by atomic mass is 9.89. The molecule has 1 aliphatic heterocycles. The number of aryl methyl sites for hydroxylation is 3. The highest BCUT2D eigenvalue weighted by atomic mass is 32.1. The molecule has 1 unspecified atom stereocenters. The number of benzene rings is 2. The highest BCUT2D eigenvalue weighted by Crippen LogP contribution is 2.39. The minimum Gasteiger partial charge on any atom is -0.487 e. The fourth-order valence-electron chi connectivity index (χ4n) is 3.23. The predicted molar refractivity (Wildman–Crippen MR) is 109 cm³/mol. The largest absolute Gasteiger partial charge is 0.487 e. The molecule has 3 nitrogen and oxygen atoms in total. The maximum atomic E-state index is 6.16. The first-order chi connectivity index (χ1) is 11.7. The number of anilines is 1. The molecule has 132 valence electrons. The van der Waals surface area contributed by atoms with Crippen LogP contribution in [0.3, 0.4) is 0 Å². The van der Waals surface area contributed by atoms with Gasteiger partial charge in [-0.15, -0.1) is 0 Å². The molecule has 4 heteroatoms. The van der Waals surface area contributed by atoms with Crippen molar-refractivity contribution in [1.82, 2.24) is 5.32 Å². The van der Waals surface area contributed by atoms with E-state index in [9.17, 15) is 0 Å².